The largest absolute Gasteiger partial charge is 0.373 e. The van der Waals surface area contributed by atoms with E-state index in [1.807, 2.05) is 0 Å². The monoisotopic (exact) mass is 200 g/mol. The molecule has 2 nitrogen and oxygen atoms in total. The average molecular weight is 200 g/mol. The van der Waals surface area contributed by atoms with Gasteiger partial charge in [-0.15, -0.1) is 0 Å². The van der Waals surface area contributed by atoms with E-state index in [0.29, 0.717) is 24.0 Å². The maximum Gasteiger partial charge on any atom is 0.0812 e. The Morgan fingerprint density at radius 2 is 1.21 bits per heavy atom. The zero-order chi connectivity index (χ0) is 10.6. The third-order valence-corrected chi connectivity index (χ3v) is 2.50. The third-order valence-electron chi connectivity index (χ3n) is 2.50. The molecule has 1 aliphatic rings. The lowest BCUT2D eigenvalue weighted by atomic mass is 10.0. The molecule has 0 radical (unpaired) electrons. The number of rotatable bonds is 4. The Labute approximate surface area is 88.0 Å². The molecule has 0 aromatic rings. The van der Waals surface area contributed by atoms with Gasteiger partial charge in [-0.05, 0) is 24.7 Å². The van der Waals surface area contributed by atoms with Crippen LogP contribution in [0.1, 0.15) is 40.5 Å². The highest BCUT2D eigenvalue weighted by Crippen LogP contribution is 2.18. The van der Waals surface area contributed by atoms with E-state index < -0.39 is 0 Å². The van der Waals surface area contributed by atoms with E-state index in [9.17, 15) is 0 Å². The van der Waals surface area contributed by atoms with Crippen LogP contribution >= 0.6 is 0 Å². The van der Waals surface area contributed by atoms with E-state index in [1.54, 1.807) is 0 Å². The summed E-state index contributed by atoms with van der Waals surface area (Å²) in [4.78, 5) is 0. The van der Waals surface area contributed by atoms with Crippen molar-refractivity contribution in [3.05, 3.63) is 0 Å². The van der Waals surface area contributed by atoms with Gasteiger partial charge in [-0.3, -0.25) is 0 Å². The average Bonchev–Trinajstić information content (AvgIpc) is 2.06. The van der Waals surface area contributed by atoms with Crippen molar-refractivity contribution in [2.24, 2.45) is 11.8 Å². The van der Waals surface area contributed by atoms with Crippen molar-refractivity contribution in [1.82, 2.24) is 0 Å². The molecule has 14 heavy (non-hydrogen) atoms. The lowest BCUT2D eigenvalue weighted by molar-refractivity contribution is -0.142. The minimum atomic E-state index is 0.332. The molecule has 0 bridgehead atoms. The second-order valence-corrected chi connectivity index (χ2v) is 5.17. The highest BCUT2D eigenvalue weighted by molar-refractivity contribution is 4.70. The first-order valence-electron chi connectivity index (χ1n) is 5.81. The summed E-state index contributed by atoms with van der Waals surface area (Å²) in [6.45, 7) is 10.5. The van der Waals surface area contributed by atoms with Crippen LogP contribution in [0.4, 0.5) is 0 Å². The highest BCUT2D eigenvalue weighted by Gasteiger charge is 2.23. The molecule has 84 valence electrons. The fraction of sp³-hybridized carbons (Fsp3) is 1.00. The Hall–Kier alpha value is -0.0800. The Bertz CT molecular complexity index is 128. The molecule has 0 amide bonds. The van der Waals surface area contributed by atoms with Crippen LogP contribution in [0, 0.1) is 11.8 Å². The summed E-state index contributed by atoms with van der Waals surface area (Å²) in [5, 5.41) is 0. The van der Waals surface area contributed by atoms with Crippen molar-refractivity contribution in [2.75, 3.05) is 13.2 Å². The van der Waals surface area contributed by atoms with Crippen LogP contribution in [0.5, 0.6) is 0 Å². The van der Waals surface area contributed by atoms with Crippen molar-refractivity contribution in [2.45, 2.75) is 52.7 Å². The van der Waals surface area contributed by atoms with Crippen LogP contribution in [0.2, 0.25) is 0 Å². The quantitative estimate of drug-likeness (QED) is 0.694. The van der Waals surface area contributed by atoms with E-state index >= 15 is 0 Å². The Morgan fingerprint density at radius 3 is 1.43 bits per heavy atom. The van der Waals surface area contributed by atoms with Crippen molar-refractivity contribution >= 4 is 0 Å². The van der Waals surface area contributed by atoms with E-state index in [2.05, 4.69) is 27.7 Å². The molecule has 2 heteroatoms. The predicted molar refractivity (Wildman–Crippen MR) is 58.4 cm³/mol. The number of hydrogen-bond donors (Lipinski definition) is 0. The summed E-state index contributed by atoms with van der Waals surface area (Å²) in [5.41, 5.74) is 0. The van der Waals surface area contributed by atoms with Crippen LogP contribution in [-0.2, 0) is 9.47 Å². The topological polar surface area (TPSA) is 18.5 Å². The van der Waals surface area contributed by atoms with Gasteiger partial charge in [0, 0.05) is 0 Å². The molecule has 0 spiro atoms. The minimum absolute atomic E-state index is 0.332. The van der Waals surface area contributed by atoms with Crippen LogP contribution in [0.3, 0.4) is 0 Å². The molecule has 1 heterocycles. The molecule has 0 N–H and O–H groups in total. The van der Waals surface area contributed by atoms with Crippen molar-refractivity contribution in [3.8, 4) is 0 Å². The minimum Gasteiger partial charge on any atom is -0.373 e. The van der Waals surface area contributed by atoms with E-state index in [-0.39, 0.29) is 0 Å². The molecule has 1 fully saturated rings. The number of ether oxygens (including phenoxy) is 2. The Morgan fingerprint density at radius 1 is 0.857 bits per heavy atom. The molecule has 0 saturated carbocycles. The van der Waals surface area contributed by atoms with E-state index in [4.69, 9.17) is 9.47 Å². The molecule has 0 aromatic carbocycles. The molecular formula is C12H24O2. The maximum absolute atomic E-state index is 5.78. The third kappa shape index (κ3) is 4.43. The summed E-state index contributed by atoms with van der Waals surface area (Å²) in [6, 6.07) is 0. The molecular weight excluding hydrogens is 176 g/mol. The normalized spacial score (nSPS) is 28.7. The zero-order valence-electron chi connectivity index (χ0n) is 9.95. The van der Waals surface area contributed by atoms with Gasteiger partial charge in [0.25, 0.3) is 0 Å². The lowest BCUT2D eigenvalue weighted by Gasteiger charge is -2.31. The van der Waals surface area contributed by atoms with Gasteiger partial charge in [0.1, 0.15) is 0 Å². The van der Waals surface area contributed by atoms with Gasteiger partial charge in [0.15, 0.2) is 0 Å². The van der Waals surface area contributed by atoms with Gasteiger partial charge in [-0.1, -0.05) is 27.7 Å². The molecule has 1 aliphatic heterocycles. The van der Waals surface area contributed by atoms with Gasteiger partial charge in [0.05, 0.1) is 25.4 Å². The van der Waals surface area contributed by atoms with Gasteiger partial charge in [-0.25, -0.2) is 0 Å². The van der Waals surface area contributed by atoms with Crippen molar-refractivity contribution in [3.63, 3.8) is 0 Å². The zero-order valence-corrected chi connectivity index (χ0v) is 9.95. The van der Waals surface area contributed by atoms with Crippen LogP contribution in [0.25, 0.3) is 0 Å². The molecule has 1 saturated heterocycles. The van der Waals surface area contributed by atoms with Gasteiger partial charge in [0.2, 0.25) is 0 Å². The van der Waals surface area contributed by atoms with E-state index in [1.165, 1.54) is 0 Å². The molecule has 2 unspecified atom stereocenters. The molecule has 0 aliphatic carbocycles. The fourth-order valence-corrected chi connectivity index (χ4v) is 1.91. The SMILES string of the molecule is CC(C)CC1COC(CC(C)C)CO1. The predicted octanol–water partition coefficient (Wildman–Crippen LogP) is 2.86. The summed E-state index contributed by atoms with van der Waals surface area (Å²) >= 11 is 0. The van der Waals surface area contributed by atoms with Crippen LogP contribution in [-0.4, -0.2) is 25.4 Å². The highest BCUT2D eigenvalue weighted by atomic mass is 16.6. The summed E-state index contributed by atoms with van der Waals surface area (Å²) in [5.74, 6) is 1.40. The first-order valence-corrected chi connectivity index (χ1v) is 5.81. The Kier molecular flexibility index (Phi) is 4.90. The second-order valence-electron chi connectivity index (χ2n) is 5.17. The first kappa shape index (κ1) is 12.0. The van der Waals surface area contributed by atoms with Gasteiger partial charge >= 0.3 is 0 Å². The maximum atomic E-state index is 5.78. The fourth-order valence-electron chi connectivity index (χ4n) is 1.91. The molecule has 2 atom stereocenters. The van der Waals surface area contributed by atoms with Crippen LogP contribution < -0.4 is 0 Å². The van der Waals surface area contributed by atoms with Gasteiger partial charge < -0.3 is 9.47 Å². The van der Waals surface area contributed by atoms with Crippen molar-refractivity contribution < 1.29 is 9.47 Å². The van der Waals surface area contributed by atoms with E-state index in [0.717, 1.165) is 26.1 Å². The summed E-state index contributed by atoms with van der Waals surface area (Å²) in [7, 11) is 0. The van der Waals surface area contributed by atoms with Crippen molar-refractivity contribution in [1.29, 1.82) is 0 Å². The molecule has 0 aromatic heterocycles. The summed E-state index contributed by atoms with van der Waals surface area (Å²) < 4.78 is 11.6. The smallest absolute Gasteiger partial charge is 0.0812 e. The Balaban J connectivity index is 2.17. The first-order chi connectivity index (χ1) is 6.58. The second kappa shape index (κ2) is 5.72. The number of hydrogen-bond acceptors (Lipinski definition) is 2. The summed E-state index contributed by atoms with van der Waals surface area (Å²) in [6.07, 6.45) is 2.90. The lowest BCUT2D eigenvalue weighted by Crippen LogP contribution is -2.37. The standard InChI is InChI=1S/C12H24O2/c1-9(2)5-11-7-14-12(8-13-11)6-10(3)4/h9-12H,5-8H2,1-4H3. The van der Waals surface area contributed by atoms with Gasteiger partial charge in [-0.2, -0.15) is 0 Å². The van der Waals surface area contributed by atoms with Crippen LogP contribution in [0.15, 0.2) is 0 Å². The molecule has 1 rings (SSSR count).